The molecule has 0 bridgehead atoms. The van der Waals surface area contributed by atoms with Gasteiger partial charge in [-0.25, -0.2) is 0 Å². The average molecular weight is 284 g/mol. The van der Waals surface area contributed by atoms with Crippen LogP contribution in [0.2, 0.25) is 0 Å². The van der Waals surface area contributed by atoms with Crippen LogP contribution in [0.15, 0.2) is 30.3 Å². The van der Waals surface area contributed by atoms with Gasteiger partial charge in [0.2, 0.25) is 0 Å². The molecule has 0 spiro atoms. The molecule has 0 aliphatic carbocycles. The van der Waals surface area contributed by atoms with Crippen LogP contribution in [-0.2, 0) is 14.8 Å². The van der Waals surface area contributed by atoms with E-state index in [0.29, 0.717) is 6.42 Å². The van der Waals surface area contributed by atoms with Gasteiger partial charge in [0.1, 0.15) is 11.9 Å². The fraction of sp³-hybridized carbons (Fsp3) is 0.500. The van der Waals surface area contributed by atoms with Gasteiger partial charge in [-0.3, -0.25) is 9.36 Å². The van der Waals surface area contributed by atoms with Crippen LogP contribution in [-0.4, -0.2) is 21.7 Å². The van der Waals surface area contributed by atoms with Gasteiger partial charge in [0.25, 0.3) is 0 Å². The van der Waals surface area contributed by atoms with E-state index >= 15 is 0 Å². The van der Waals surface area contributed by atoms with E-state index in [1.165, 1.54) is 5.56 Å². The summed E-state index contributed by atoms with van der Waals surface area (Å²) in [6.45, 7) is 4.21. The largest absolute Gasteiger partial charge is 0.332 e. The number of benzene rings is 1. The lowest BCUT2D eigenvalue weighted by atomic mass is 9.80. The molecule has 0 amide bonds. The maximum absolute atomic E-state index is 11.4. The van der Waals surface area contributed by atoms with E-state index in [9.17, 15) is 9.36 Å². The first kappa shape index (κ1) is 16.1. The Bertz CT molecular complexity index is 462. The van der Waals surface area contributed by atoms with E-state index < -0.39 is 13.8 Å². The van der Waals surface area contributed by atoms with E-state index in [1.807, 2.05) is 18.2 Å². The van der Waals surface area contributed by atoms with E-state index in [0.717, 1.165) is 6.42 Å². The second-order valence-electron chi connectivity index (χ2n) is 5.46. The third-order valence-corrected chi connectivity index (χ3v) is 3.96. The predicted octanol–water partition coefficient (Wildman–Crippen LogP) is 2.88. The molecule has 19 heavy (non-hydrogen) atoms. The molecule has 0 aliphatic heterocycles. The second kappa shape index (κ2) is 6.47. The van der Waals surface area contributed by atoms with Crippen LogP contribution in [0.1, 0.15) is 38.7 Å². The van der Waals surface area contributed by atoms with Gasteiger partial charge >= 0.3 is 7.60 Å². The molecular weight excluding hydrogens is 263 g/mol. The Balaban J connectivity index is 2.45. The maximum atomic E-state index is 11.4. The summed E-state index contributed by atoms with van der Waals surface area (Å²) in [4.78, 5) is 28.8. The highest BCUT2D eigenvalue weighted by Crippen LogP contribution is 2.35. The van der Waals surface area contributed by atoms with Gasteiger partial charge in [0.15, 0.2) is 0 Å². The third-order valence-electron chi connectivity index (χ3n) is 3.19. The molecule has 0 aromatic heterocycles. The summed E-state index contributed by atoms with van der Waals surface area (Å²) >= 11 is 0. The average Bonchev–Trinajstić information content (AvgIpc) is 2.27. The molecule has 0 saturated heterocycles. The number of hydrogen-bond donors (Lipinski definition) is 2. The van der Waals surface area contributed by atoms with Gasteiger partial charge in [0.05, 0.1) is 0 Å². The van der Waals surface area contributed by atoms with Gasteiger partial charge in [-0.1, -0.05) is 44.2 Å². The molecule has 1 aromatic carbocycles. The minimum absolute atomic E-state index is 0.0380. The van der Waals surface area contributed by atoms with E-state index in [-0.39, 0.29) is 17.6 Å². The van der Waals surface area contributed by atoms with Crippen molar-refractivity contribution in [2.75, 3.05) is 6.16 Å². The van der Waals surface area contributed by atoms with Crippen LogP contribution in [0.4, 0.5) is 0 Å². The van der Waals surface area contributed by atoms with Crippen LogP contribution in [0.5, 0.6) is 0 Å². The predicted molar refractivity (Wildman–Crippen MR) is 75.2 cm³/mol. The lowest BCUT2D eigenvalue weighted by Gasteiger charge is -2.25. The highest BCUT2D eigenvalue weighted by Gasteiger charge is 2.22. The Labute approximate surface area is 114 Å². The molecule has 0 saturated carbocycles. The van der Waals surface area contributed by atoms with Gasteiger partial charge in [0, 0.05) is 6.42 Å². The molecule has 0 unspecified atom stereocenters. The Morgan fingerprint density at radius 2 is 1.79 bits per heavy atom. The topological polar surface area (TPSA) is 74.6 Å². The Morgan fingerprint density at radius 3 is 2.32 bits per heavy atom. The van der Waals surface area contributed by atoms with Crippen molar-refractivity contribution in [1.82, 2.24) is 0 Å². The SMILES string of the molecule is CC(C)(CCCC(=O)CP(=O)(O)O)c1ccccc1. The summed E-state index contributed by atoms with van der Waals surface area (Å²) in [5.74, 6) is -0.364. The lowest BCUT2D eigenvalue weighted by molar-refractivity contribution is -0.117. The minimum Gasteiger partial charge on any atom is -0.324 e. The summed E-state index contributed by atoms with van der Waals surface area (Å²) in [7, 11) is -4.21. The summed E-state index contributed by atoms with van der Waals surface area (Å²) in [5, 5.41) is 0. The normalized spacial score (nSPS) is 12.4. The fourth-order valence-corrected chi connectivity index (χ4v) is 2.69. The molecule has 0 atom stereocenters. The zero-order chi connectivity index (χ0) is 14.5. The Kier molecular flexibility index (Phi) is 5.48. The van der Waals surface area contributed by atoms with Crippen molar-refractivity contribution in [3.8, 4) is 0 Å². The van der Waals surface area contributed by atoms with Crippen LogP contribution in [0.3, 0.4) is 0 Å². The lowest BCUT2D eigenvalue weighted by Crippen LogP contribution is -2.17. The first-order chi connectivity index (χ1) is 8.71. The number of hydrogen-bond acceptors (Lipinski definition) is 2. The highest BCUT2D eigenvalue weighted by molar-refractivity contribution is 7.52. The molecule has 2 N–H and O–H groups in total. The minimum atomic E-state index is -4.21. The number of carbonyl (C=O) groups is 1. The quantitative estimate of drug-likeness (QED) is 0.755. The van der Waals surface area contributed by atoms with Gasteiger partial charge < -0.3 is 9.79 Å². The van der Waals surface area contributed by atoms with Crippen molar-refractivity contribution >= 4 is 13.4 Å². The van der Waals surface area contributed by atoms with Crippen molar-refractivity contribution in [3.05, 3.63) is 35.9 Å². The van der Waals surface area contributed by atoms with Crippen molar-refractivity contribution in [3.63, 3.8) is 0 Å². The van der Waals surface area contributed by atoms with E-state index in [1.54, 1.807) is 0 Å². The number of Topliss-reactive ketones (excluding diaryl/α,β-unsaturated/α-hetero) is 1. The van der Waals surface area contributed by atoms with Crippen molar-refractivity contribution in [2.24, 2.45) is 0 Å². The van der Waals surface area contributed by atoms with Crippen molar-refractivity contribution < 1.29 is 19.1 Å². The monoisotopic (exact) mass is 284 g/mol. The molecule has 5 heteroatoms. The number of carbonyl (C=O) groups excluding carboxylic acids is 1. The number of ketones is 1. The molecule has 1 aromatic rings. The van der Waals surface area contributed by atoms with Crippen LogP contribution >= 0.6 is 7.60 Å². The summed E-state index contributed by atoms with van der Waals surface area (Å²) in [6.07, 6.45) is 1.03. The smallest absolute Gasteiger partial charge is 0.324 e. The summed E-state index contributed by atoms with van der Waals surface area (Å²) in [6, 6.07) is 10.0. The second-order valence-corrected chi connectivity index (χ2v) is 7.11. The fourth-order valence-electron chi connectivity index (χ4n) is 2.07. The zero-order valence-corrected chi connectivity index (χ0v) is 12.3. The molecule has 0 aliphatic rings. The van der Waals surface area contributed by atoms with Crippen LogP contribution < -0.4 is 0 Å². The molecule has 1 rings (SSSR count). The molecule has 4 nitrogen and oxygen atoms in total. The van der Waals surface area contributed by atoms with E-state index in [4.69, 9.17) is 9.79 Å². The first-order valence-corrected chi connectivity index (χ1v) is 8.12. The van der Waals surface area contributed by atoms with E-state index in [2.05, 4.69) is 26.0 Å². The molecule has 0 fully saturated rings. The van der Waals surface area contributed by atoms with Gasteiger partial charge in [-0.2, -0.15) is 0 Å². The molecule has 0 radical (unpaired) electrons. The maximum Gasteiger partial charge on any atom is 0.332 e. The first-order valence-electron chi connectivity index (χ1n) is 6.32. The van der Waals surface area contributed by atoms with Crippen LogP contribution in [0, 0.1) is 0 Å². The van der Waals surface area contributed by atoms with Gasteiger partial charge in [-0.05, 0) is 23.8 Å². The molecule has 0 heterocycles. The zero-order valence-electron chi connectivity index (χ0n) is 11.4. The summed E-state index contributed by atoms with van der Waals surface area (Å²) in [5.41, 5.74) is 1.17. The van der Waals surface area contributed by atoms with Crippen molar-refractivity contribution in [2.45, 2.75) is 38.5 Å². The molecule has 106 valence electrons. The van der Waals surface area contributed by atoms with Gasteiger partial charge in [-0.15, -0.1) is 0 Å². The van der Waals surface area contributed by atoms with Crippen molar-refractivity contribution in [1.29, 1.82) is 0 Å². The highest BCUT2D eigenvalue weighted by atomic mass is 31.2. The standard InChI is InChI=1S/C14H21O4P/c1-14(2,12-7-4-3-5-8-12)10-6-9-13(15)11-19(16,17)18/h3-5,7-8H,6,9-11H2,1-2H3,(H2,16,17,18). The summed E-state index contributed by atoms with van der Waals surface area (Å²) < 4.78 is 10.7. The Morgan fingerprint density at radius 1 is 1.21 bits per heavy atom. The molecular formula is C14H21O4P. The van der Waals surface area contributed by atoms with Crippen LogP contribution in [0.25, 0.3) is 0 Å². The third kappa shape index (κ3) is 6.15. The Hall–Kier alpha value is -0.960. The number of rotatable bonds is 7.